The first-order valence-corrected chi connectivity index (χ1v) is 10.0. The van der Waals surface area contributed by atoms with E-state index in [9.17, 15) is 24.5 Å². The molecule has 1 aliphatic rings. The molecule has 10 nitrogen and oxygen atoms in total. The SMILES string of the molecule is COc1ccc(C(=O)NC(=O)COC(=O)C2CCN(c3ccccc3[N+](=O)[O-])CC2)cc1. The first kappa shape index (κ1) is 22.7. The minimum Gasteiger partial charge on any atom is -0.497 e. The number of hydrogen-bond acceptors (Lipinski definition) is 8. The summed E-state index contributed by atoms with van der Waals surface area (Å²) in [6, 6.07) is 12.7. The number of para-hydroxylation sites is 2. The Morgan fingerprint density at radius 1 is 1.09 bits per heavy atom. The highest BCUT2D eigenvalue weighted by Gasteiger charge is 2.29. The number of anilines is 1. The number of ether oxygens (including phenoxy) is 2. The summed E-state index contributed by atoms with van der Waals surface area (Å²) in [6.07, 6.45) is 0.883. The van der Waals surface area contributed by atoms with E-state index in [0.29, 0.717) is 37.4 Å². The molecule has 0 saturated carbocycles. The first-order valence-electron chi connectivity index (χ1n) is 10.0. The highest BCUT2D eigenvalue weighted by molar-refractivity contribution is 6.05. The number of nitro groups is 1. The van der Waals surface area contributed by atoms with Gasteiger partial charge in [-0.3, -0.25) is 29.8 Å². The third kappa shape index (κ3) is 5.60. The molecule has 1 saturated heterocycles. The lowest BCUT2D eigenvalue weighted by Crippen LogP contribution is -2.39. The Hall–Kier alpha value is -3.95. The Kier molecular flexibility index (Phi) is 7.37. The molecule has 1 heterocycles. The average Bonchev–Trinajstić information content (AvgIpc) is 2.82. The molecule has 0 bridgehead atoms. The number of methoxy groups -OCH3 is 1. The number of amides is 2. The molecule has 3 rings (SSSR count). The molecule has 1 aliphatic heterocycles. The smallest absolute Gasteiger partial charge is 0.309 e. The summed E-state index contributed by atoms with van der Waals surface area (Å²) in [7, 11) is 1.50. The van der Waals surface area contributed by atoms with Crippen LogP contribution < -0.4 is 15.0 Å². The van der Waals surface area contributed by atoms with Gasteiger partial charge in [-0.25, -0.2) is 0 Å². The van der Waals surface area contributed by atoms with Gasteiger partial charge in [0.25, 0.3) is 17.5 Å². The van der Waals surface area contributed by atoms with Crippen molar-refractivity contribution in [3.05, 3.63) is 64.2 Å². The molecule has 32 heavy (non-hydrogen) atoms. The standard InChI is InChI=1S/C22H23N3O7/c1-31-17-8-6-15(7-9-17)21(27)23-20(26)14-32-22(28)16-10-12-24(13-11-16)18-4-2-3-5-19(18)25(29)30/h2-9,16H,10-14H2,1H3,(H,23,26,27). The van der Waals surface area contributed by atoms with Crippen LogP contribution in [-0.4, -0.2) is 49.5 Å². The maximum atomic E-state index is 12.3. The van der Waals surface area contributed by atoms with Crippen molar-refractivity contribution in [3.8, 4) is 5.75 Å². The average molecular weight is 441 g/mol. The Labute approximate surface area is 184 Å². The van der Waals surface area contributed by atoms with Gasteiger partial charge in [-0.15, -0.1) is 0 Å². The number of nitrogens with zero attached hydrogens (tertiary/aromatic N) is 2. The minimum absolute atomic E-state index is 0.0201. The van der Waals surface area contributed by atoms with Crippen molar-refractivity contribution in [1.29, 1.82) is 0 Å². The summed E-state index contributed by atoms with van der Waals surface area (Å²) in [5, 5.41) is 13.4. The number of imide groups is 1. The minimum atomic E-state index is -0.725. The fraction of sp³-hybridized carbons (Fsp3) is 0.318. The number of hydrogen-bond donors (Lipinski definition) is 1. The van der Waals surface area contributed by atoms with Crippen LogP contribution in [0.3, 0.4) is 0 Å². The first-order chi connectivity index (χ1) is 15.4. The molecule has 0 radical (unpaired) electrons. The molecule has 0 aliphatic carbocycles. The van der Waals surface area contributed by atoms with E-state index in [-0.39, 0.29) is 11.3 Å². The fourth-order valence-corrected chi connectivity index (χ4v) is 3.47. The highest BCUT2D eigenvalue weighted by atomic mass is 16.6. The van der Waals surface area contributed by atoms with Crippen molar-refractivity contribution in [3.63, 3.8) is 0 Å². The van der Waals surface area contributed by atoms with Crippen molar-refractivity contribution < 1.29 is 28.8 Å². The molecular weight excluding hydrogens is 418 g/mol. The van der Waals surface area contributed by atoms with E-state index in [1.807, 2.05) is 4.90 Å². The lowest BCUT2D eigenvalue weighted by atomic mass is 9.96. The van der Waals surface area contributed by atoms with Gasteiger partial charge in [0.05, 0.1) is 18.0 Å². The Morgan fingerprint density at radius 3 is 2.38 bits per heavy atom. The van der Waals surface area contributed by atoms with Gasteiger partial charge in [0, 0.05) is 24.7 Å². The van der Waals surface area contributed by atoms with Gasteiger partial charge in [-0.05, 0) is 43.2 Å². The second kappa shape index (κ2) is 10.4. The molecule has 0 aromatic heterocycles. The van der Waals surface area contributed by atoms with E-state index in [4.69, 9.17) is 9.47 Å². The second-order valence-corrected chi connectivity index (χ2v) is 7.22. The Bertz CT molecular complexity index is 999. The van der Waals surface area contributed by atoms with Crippen molar-refractivity contribution >= 4 is 29.2 Å². The number of benzene rings is 2. The van der Waals surface area contributed by atoms with Gasteiger partial charge in [0.15, 0.2) is 6.61 Å². The molecule has 0 spiro atoms. The predicted octanol–water partition coefficient (Wildman–Crippen LogP) is 2.32. The zero-order valence-electron chi connectivity index (χ0n) is 17.5. The van der Waals surface area contributed by atoms with Gasteiger partial charge in [0.2, 0.25) is 0 Å². The summed E-state index contributed by atoms with van der Waals surface area (Å²) in [5.74, 6) is -1.70. The van der Waals surface area contributed by atoms with Crippen LogP contribution in [0, 0.1) is 16.0 Å². The van der Waals surface area contributed by atoms with E-state index in [2.05, 4.69) is 5.32 Å². The zero-order chi connectivity index (χ0) is 23.1. The van der Waals surface area contributed by atoms with E-state index < -0.39 is 35.2 Å². The third-order valence-electron chi connectivity index (χ3n) is 5.20. The zero-order valence-corrected chi connectivity index (χ0v) is 17.5. The molecule has 0 atom stereocenters. The van der Waals surface area contributed by atoms with Crippen LogP contribution in [0.4, 0.5) is 11.4 Å². The normalized spacial score (nSPS) is 13.8. The van der Waals surface area contributed by atoms with Gasteiger partial charge in [-0.1, -0.05) is 12.1 Å². The van der Waals surface area contributed by atoms with E-state index in [1.54, 1.807) is 30.3 Å². The van der Waals surface area contributed by atoms with Crippen molar-refractivity contribution in [2.45, 2.75) is 12.8 Å². The summed E-state index contributed by atoms with van der Waals surface area (Å²) in [5.41, 5.74) is 0.806. The molecule has 10 heteroatoms. The van der Waals surface area contributed by atoms with Gasteiger partial charge in [0.1, 0.15) is 11.4 Å². The predicted molar refractivity (Wildman–Crippen MR) is 114 cm³/mol. The summed E-state index contributed by atoms with van der Waals surface area (Å²) >= 11 is 0. The number of nitrogens with one attached hydrogen (secondary N) is 1. The highest BCUT2D eigenvalue weighted by Crippen LogP contribution is 2.31. The topological polar surface area (TPSA) is 128 Å². The number of rotatable bonds is 7. The van der Waals surface area contributed by atoms with Crippen LogP contribution >= 0.6 is 0 Å². The van der Waals surface area contributed by atoms with Crippen molar-refractivity contribution in [1.82, 2.24) is 5.32 Å². The van der Waals surface area contributed by atoms with Crippen LogP contribution in [0.25, 0.3) is 0 Å². The van der Waals surface area contributed by atoms with Crippen LogP contribution in [0.15, 0.2) is 48.5 Å². The fourth-order valence-electron chi connectivity index (χ4n) is 3.47. The third-order valence-corrected chi connectivity index (χ3v) is 5.20. The molecule has 2 aromatic rings. The number of esters is 1. The number of nitro benzene ring substituents is 1. The van der Waals surface area contributed by atoms with Crippen LogP contribution in [0.1, 0.15) is 23.2 Å². The molecule has 1 N–H and O–H groups in total. The largest absolute Gasteiger partial charge is 0.497 e. The van der Waals surface area contributed by atoms with Crippen LogP contribution in [0.5, 0.6) is 5.75 Å². The molecule has 0 unspecified atom stereocenters. The second-order valence-electron chi connectivity index (χ2n) is 7.22. The molecule has 2 amide bonds. The van der Waals surface area contributed by atoms with Crippen LogP contribution in [0.2, 0.25) is 0 Å². The number of carbonyl (C=O) groups excluding carboxylic acids is 3. The van der Waals surface area contributed by atoms with E-state index in [1.165, 1.54) is 25.3 Å². The van der Waals surface area contributed by atoms with Gasteiger partial charge in [-0.2, -0.15) is 0 Å². The number of piperidine rings is 1. The molecule has 1 fully saturated rings. The molecule has 2 aromatic carbocycles. The summed E-state index contributed by atoms with van der Waals surface area (Å²) < 4.78 is 10.1. The maximum Gasteiger partial charge on any atom is 0.309 e. The monoisotopic (exact) mass is 441 g/mol. The van der Waals surface area contributed by atoms with Crippen LogP contribution in [-0.2, 0) is 14.3 Å². The summed E-state index contributed by atoms with van der Waals surface area (Å²) in [4.78, 5) is 49.0. The van der Waals surface area contributed by atoms with Crippen molar-refractivity contribution in [2.75, 3.05) is 31.7 Å². The van der Waals surface area contributed by atoms with Gasteiger partial charge >= 0.3 is 5.97 Å². The number of carbonyl (C=O) groups is 3. The Balaban J connectivity index is 1.45. The molecular formula is C22H23N3O7. The quantitative estimate of drug-likeness (QED) is 0.394. The lowest BCUT2D eigenvalue weighted by Gasteiger charge is -2.32. The Morgan fingerprint density at radius 2 is 1.75 bits per heavy atom. The molecule has 168 valence electrons. The van der Waals surface area contributed by atoms with E-state index >= 15 is 0 Å². The van der Waals surface area contributed by atoms with Gasteiger partial charge < -0.3 is 14.4 Å². The maximum absolute atomic E-state index is 12.3. The van der Waals surface area contributed by atoms with E-state index in [0.717, 1.165) is 0 Å². The van der Waals surface area contributed by atoms with Crippen molar-refractivity contribution in [2.24, 2.45) is 5.92 Å². The summed E-state index contributed by atoms with van der Waals surface area (Å²) in [6.45, 7) is 0.338. The lowest BCUT2D eigenvalue weighted by molar-refractivity contribution is -0.384.